The Morgan fingerprint density at radius 2 is 2.08 bits per heavy atom. The van der Waals surface area contributed by atoms with Gasteiger partial charge < -0.3 is 19.9 Å². The van der Waals surface area contributed by atoms with Crippen LogP contribution in [0, 0.1) is 12.3 Å². The summed E-state index contributed by atoms with van der Waals surface area (Å²) < 4.78 is 10.1. The first-order valence-corrected chi connectivity index (χ1v) is 8.19. The minimum absolute atomic E-state index is 0.242. The summed E-state index contributed by atoms with van der Waals surface area (Å²) in [6.45, 7) is 2.20. The first kappa shape index (κ1) is 17.0. The molecule has 2 N–H and O–H groups in total. The predicted octanol–water partition coefficient (Wildman–Crippen LogP) is 2.07. The van der Waals surface area contributed by atoms with Gasteiger partial charge in [-0.15, -0.1) is 0 Å². The molecule has 0 saturated heterocycles. The van der Waals surface area contributed by atoms with E-state index in [-0.39, 0.29) is 11.8 Å². The molecule has 3 rings (SSSR count). The molecule has 0 aliphatic heterocycles. The molecule has 25 heavy (non-hydrogen) atoms. The van der Waals surface area contributed by atoms with Gasteiger partial charge >= 0.3 is 0 Å². The Hall–Kier alpha value is -2.83. The lowest BCUT2D eigenvalue weighted by Crippen LogP contribution is -2.40. The second-order valence-corrected chi connectivity index (χ2v) is 6.22. The van der Waals surface area contributed by atoms with E-state index in [1.807, 2.05) is 24.3 Å². The van der Waals surface area contributed by atoms with Gasteiger partial charge in [-0.1, -0.05) is 17.3 Å². The SMILES string of the molecule is COc1cccc(CCNC(=O)C2(C(=O)Nc3cc(C)on3)CC2)c1. The van der Waals surface area contributed by atoms with Crippen molar-refractivity contribution in [3.8, 4) is 5.75 Å². The molecule has 1 heterocycles. The number of nitrogens with one attached hydrogen (secondary N) is 2. The Morgan fingerprint density at radius 1 is 1.28 bits per heavy atom. The third-order valence-electron chi connectivity index (χ3n) is 4.32. The number of hydrogen-bond donors (Lipinski definition) is 2. The van der Waals surface area contributed by atoms with Crippen LogP contribution in [0.1, 0.15) is 24.2 Å². The summed E-state index contributed by atoms with van der Waals surface area (Å²) >= 11 is 0. The van der Waals surface area contributed by atoms with Crippen LogP contribution < -0.4 is 15.4 Å². The number of anilines is 1. The second kappa shape index (κ2) is 6.96. The number of rotatable bonds is 7. The van der Waals surface area contributed by atoms with Crippen molar-refractivity contribution in [3.63, 3.8) is 0 Å². The second-order valence-electron chi connectivity index (χ2n) is 6.22. The van der Waals surface area contributed by atoms with Crippen LogP contribution in [-0.2, 0) is 16.0 Å². The highest BCUT2D eigenvalue weighted by Crippen LogP contribution is 2.46. The van der Waals surface area contributed by atoms with Gasteiger partial charge in [0.15, 0.2) is 5.82 Å². The number of benzene rings is 1. The highest BCUT2D eigenvalue weighted by atomic mass is 16.5. The molecule has 1 saturated carbocycles. The lowest BCUT2D eigenvalue weighted by molar-refractivity contribution is -0.134. The molecule has 0 radical (unpaired) electrons. The topological polar surface area (TPSA) is 93.5 Å². The Balaban J connectivity index is 1.52. The van der Waals surface area contributed by atoms with Gasteiger partial charge in [0.05, 0.1) is 7.11 Å². The highest BCUT2D eigenvalue weighted by Gasteiger charge is 2.56. The van der Waals surface area contributed by atoms with Gasteiger partial charge in [-0.3, -0.25) is 9.59 Å². The Bertz CT molecular complexity index is 780. The van der Waals surface area contributed by atoms with Gasteiger partial charge in [0, 0.05) is 12.6 Å². The van der Waals surface area contributed by atoms with Gasteiger partial charge in [0.1, 0.15) is 16.9 Å². The molecule has 0 unspecified atom stereocenters. The molecule has 2 aromatic rings. The van der Waals surface area contributed by atoms with Crippen LogP contribution in [0.15, 0.2) is 34.9 Å². The number of carbonyl (C=O) groups excluding carboxylic acids is 2. The number of nitrogens with zero attached hydrogens (tertiary/aromatic N) is 1. The Labute approximate surface area is 145 Å². The summed E-state index contributed by atoms with van der Waals surface area (Å²) in [5.41, 5.74) is 0.0772. The van der Waals surface area contributed by atoms with Crippen molar-refractivity contribution in [3.05, 3.63) is 41.7 Å². The third-order valence-corrected chi connectivity index (χ3v) is 4.32. The zero-order valence-corrected chi connectivity index (χ0v) is 14.3. The number of aromatic nitrogens is 1. The molecular weight excluding hydrogens is 322 g/mol. The third kappa shape index (κ3) is 3.81. The number of carbonyl (C=O) groups is 2. The Kier molecular flexibility index (Phi) is 4.74. The fourth-order valence-corrected chi connectivity index (χ4v) is 2.66. The van der Waals surface area contributed by atoms with Crippen LogP contribution in [0.2, 0.25) is 0 Å². The molecule has 7 nitrogen and oxygen atoms in total. The number of aryl methyl sites for hydroxylation is 1. The van der Waals surface area contributed by atoms with E-state index >= 15 is 0 Å². The standard InChI is InChI=1S/C18H21N3O4/c1-12-10-15(21-25-12)20-17(23)18(7-8-18)16(22)19-9-6-13-4-3-5-14(11-13)24-2/h3-5,10-11H,6-9H2,1-2H3,(H,19,22)(H,20,21,23). The van der Waals surface area contributed by atoms with E-state index in [1.165, 1.54) is 0 Å². The molecule has 1 aliphatic rings. The average molecular weight is 343 g/mol. The summed E-state index contributed by atoms with van der Waals surface area (Å²) in [4.78, 5) is 24.8. The number of amides is 2. The Morgan fingerprint density at radius 3 is 2.72 bits per heavy atom. The quantitative estimate of drug-likeness (QED) is 0.751. The van der Waals surface area contributed by atoms with Crippen molar-refractivity contribution in [2.75, 3.05) is 19.0 Å². The van der Waals surface area contributed by atoms with Crippen molar-refractivity contribution >= 4 is 17.6 Å². The van der Waals surface area contributed by atoms with Crippen LogP contribution in [0.25, 0.3) is 0 Å². The van der Waals surface area contributed by atoms with Crippen LogP contribution in [-0.4, -0.2) is 30.6 Å². The molecule has 0 spiro atoms. The van der Waals surface area contributed by atoms with Crippen molar-refractivity contribution in [2.24, 2.45) is 5.41 Å². The molecule has 2 amide bonds. The van der Waals surface area contributed by atoms with Gasteiger partial charge in [-0.05, 0) is 43.9 Å². The smallest absolute Gasteiger partial charge is 0.241 e. The van der Waals surface area contributed by atoms with Crippen LogP contribution in [0.3, 0.4) is 0 Å². The first-order chi connectivity index (χ1) is 12.0. The van der Waals surface area contributed by atoms with E-state index in [0.717, 1.165) is 11.3 Å². The minimum Gasteiger partial charge on any atom is -0.497 e. The number of methoxy groups -OCH3 is 1. The van der Waals surface area contributed by atoms with E-state index in [4.69, 9.17) is 9.26 Å². The maximum Gasteiger partial charge on any atom is 0.241 e. The van der Waals surface area contributed by atoms with Crippen molar-refractivity contribution < 1.29 is 18.8 Å². The summed E-state index contributed by atoms with van der Waals surface area (Å²) in [5.74, 6) is 1.14. The van der Waals surface area contributed by atoms with Gasteiger partial charge in [0.2, 0.25) is 11.8 Å². The van der Waals surface area contributed by atoms with Gasteiger partial charge in [-0.25, -0.2) is 0 Å². The van der Waals surface area contributed by atoms with E-state index < -0.39 is 5.41 Å². The molecule has 1 fully saturated rings. The monoisotopic (exact) mass is 343 g/mol. The summed E-state index contributed by atoms with van der Waals surface area (Å²) in [5, 5.41) is 9.23. The predicted molar refractivity (Wildman–Crippen MR) is 91.2 cm³/mol. The molecule has 1 aromatic carbocycles. The van der Waals surface area contributed by atoms with Gasteiger partial charge in [0.25, 0.3) is 0 Å². The molecule has 132 valence electrons. The molecule has 0 atom stereocenters. The van der Waals surface area contributed by atoms with E-state index in [9.17, 15) is 9.59 Å². The lowest BCUT2D eigenvalue weighted by Gasteiger charge is -2.14. The average Bonchev–Trinajstić information content (AvgIpc) is 3.33. The highest BCUT2D eigenvalue weighted by molar-refractivity contribution is 6.12. The summed E-state index contributed by atoms with van der Waals surface area (Å²) in [6.07, 6.45) is 1.75. The van der Waals surface area contributed by atoms with Gasteiger partial charge in [-0.2, -0.15) is 0 Å². The lowest BCUT2D eigenvalue weighted by atomic mass is 10.0. The normalized spacial score (nSPS) is 14.6. The fourth-order valence-electron chi connectivity index (χ4n) is 2.66. The zero-order valence-electron chi connectivity index (χ0n) is 14.3. The van der Waals surface area contributed by atoms with Crippen molar-refractivity contribution in [1.29, 1.82) is 0 Å². The first-order valence-electron chi connectivity index (χ1n) is 8.19. The molecule has 7 heteroatoms. The largest absolute Gasteiger partial charge is 0.497 e. The maximum atomic E-state index is 12.4. The van der Waals surface area contributed by atoms with Crippen LogP contribution in [0.5, 0.6) is 5.75 Å². The molecule has 1 aromatic heterocycles. The summed E-state index contributed by atoms with van der Waals surface area (Å²) in [6, 6.07) is 9.30. The molecular formula is C18H21N3O4. The number of hydrogen-bond acceptors (Lipinski definition) is 5. The van der Waals surface area contributed by atoms with E-state index in [2.05, 4.69) is 15.8 Å². The maximum absolute atomic E-state index is 12.4. The van der Waals surface area contributed by atoms with E-state index in [0.29, 0.717) is 37.4 Å². The minimum atomic E-state index is -0.985. The zero-order chi connectivity index (χ0) is 17.9. The fraction of sp³-hybridized carbons (Fsp3) is 0.389. The van der Waals surface area contributed by atoms with E-state index in [1.54, 1.807) is 20.1 Å². The molecule has 0 bridgehead atoms. The summed E-state index contributed by atoms with van der Waals surface area (Å²) in [7, 11) is 1.62. The van der Waals surface area contributed by atoms with Crippen molar-refractivity contribution in [2.45, 2.75) is 26.2 Å². The number of ether oxygens (including phenoxy) is 1. The van der Waals surface area contributed by atoms with Crippen molar-refractivity contribution in [1.82, 2.24) is 10.5 Å². The van der Waals surface area contributed by atoms with Crippen LogP contribution in [0.4, 0.5) is 5.82 Å². The molecule has 1 aliphatic carbocycles. The van der Waals surface area contributed by atoms with Crippen LogP contribution >= 0.6 is 0 Å².